The monoisotopic (exact) mass is 164 g/mol. The normalized spacial score (nSPS) is 14.0. The average Bonchev–Trinajstić information content (AvgIpc) is 1.85. The van der Waals surface area contributed by atoms with Crippen LogP contribution in [0.5, 0.6) is 0 Å². The number of hydrogen-bond donors (Lipinski definition) is 0. The third kappa shape index (κ3) is 5.99. The fourth-order valence-electron chi connectivity index (χ4n) is 0.332. The second kappa shape index (κ2) is 6.23. The summed E-state index contributed by atoms with van der Waals surface area (Å²) in [5.74, 6) is 0.986. The van der Waals surface area contributed by atoms with Crippen molar-refractivity contribution >= 4 is 20.9 Å². The van der Waals surface area contributed by atoms with Gasteiger partial charge in [0, 0.05) is 5.75 Å². The molecule has 0 aromatic rings. The molecule has 0 unspecified atom stereocenters. The quantitative estimate of drug-likeness (QED) is 0.587. The zero-order valence-electron chi connectivity index (χ0n) is 5.79. The summed E-state index contributed by atoms with van der Waals surface area (Å²) in [6.07, 6.45) is 4.61. The summed E-state index contributed by atoms with van der Waals surface area (Å²) in [6, 6.07) is 0. The van der Waals surface area contributed by atoms with Crippen LogP contribution in [0.4, 0.5) is 0 Å². The maximum absolute atomic E-state index is 5.09. The summed E-state index contributed by atoms with van der Waals surface area (Å²) in [7, 11) is -0.273. The Morgan fingerprint density at radius 3 is 2.78 bits per heavy atom. The minimum absolute atomic E-state index is 0.273. The molecule has 0 aliphatic rings. The molecule has 0 aliphatic carbocycles. The maximum Gasteiger partial charge on any atom is 0.0970 e. The van der Waals surface area contributed by atoms with Gasteiger partial charge >= 0.3 is 0 Å². The van der Waals surface area contributed by atoms with Gasteiger partial charge in [-0.1, -0.05) is 13.0 Å². The SMILES string of the molecule is C/C=C\O[S@@](=S)CCC. The van der Waals surface area contributed by atoms with Gasteiger partial charge in [-0.05, 0) is 24.5 Å². The van der Waals surface area contributed by atoms with E-state index in [1.807, 2.05) is 13.0 Å². The van der Waals surface area contributed by atoms with E-state index in [0.717, 1.165) is 12.2 Å². The molecule has 0 N–H and O–H groups in total. The van der Waals surface area contributed by atoms with Crippen LogP contribution in [0.25, 0.3) is 0 Å². The molecule has 0 heterocycles. The summed E-state index contributed by atoms with van der Waals surface area (Å²) < 4.78 is 5.09. The van der Waals surface area contributed by atoms with Crippen molar-refractivity contribution in [2.75, 3.05) is 5.75 Å². The van der Waals surface area contributed by atoms with Crippen molar-refractivity contribution < 1.29 is 4.18 Å². The first-order valence-corrected chi connectivity index (χ1v) is 5.22. The molecule has 0 spiro atoms. The molecule has 0 saturated carbocycles. The highest BCUT2D eigenvalue weighted by Gasteiger charge is 1.87. The van der Waals surface area contributed by atoms with Gasteiger partial charge in [-0.15, -0.1) is 0 Å². The van der Waals surface area contributed by atoms with Gasteiger partial charge in [0.25, 0.3) is 0 Å². The van der Waals surface area contributed by atoms with Crippen LogP contribution < -0.4 is 0 Å². The molecule has 1 atom stereocenters. The van der Waals surface area contributed by atoms with Crippen molar-refractivity contribution in [2.45, 2.75) is 20.3 Å². The highest BCUT2D eigenvalue weighted by molar-refractivity contribution is 8.26. The van der Waals surface area contributed by atoms with Gasteiger partial charge in [0.05, 0.1) is 16.0 Å². The Hall–Kier alpha value is 0.110. The molecule has 0 amide bonds. The lowest BCUT2D eigenvalue weighted by Crippen LogP contribution is -1.93. The van der Waals surface area contributed by atoms with Gasteiger partial charge in [0.15, 0.2) is 0 Å². The van der Waals surface area contributed by atoms with Gasteiger partial charge in [-0.3, -0.25) is 0 Å². The first-order valence-electron chi connectivity index (χ1n) is 2.98. The van der Waals surface area contributed by atoms with Crippen molar-refractivity contribution in [1.82, 2.24) is 0 Å². The van der Waals surface area contributed by atoms with E-state index in [9.17, 15) is 0 Å². The molecule has 0 aromatic heterocycles. The van der Waals surface area contributed by atoms with Crippen LogP contribution in [0.15, 0.2) is 12.3 Å². The summed E-state index contributed by atoms with van der Waals surface area (Å²) in [5.41, 5.74) is 0. The van der Waals surface area contributed by atoms with Crippen LogP contribution in [0.3, 0.4) is 0 Å². The third-order valence-electron chi connectivity index (χ3n) is 0.670. The predicted molar refractivity (Wildman–Crippen MR) is 45.8 cm³/mol. The first kappa shape index (κ1) is 9.11. The summed E-state index contributed by atoms with van der Waals surface area (Å²) in [4.78, 5) is 0. The molecule has 9 heavy (non-hydrogen) atoms. The van der Waals surface area contributed by atoms with Gasteiger partial charge in [-0.25, -0.2) is 0 Å². The van der Waals surface area contributed by atoms with E-state index in [2.05, 4.69) is 6.92 Å². The second-order valence-electron chi connectivity index (χ2n) is 1.57. The van der Waals surface area contributed by atoms with E-state index in [-0.39, 0.29) is 9.74 Å². The minimum Gasteiger partial charge on any atom is -0.432 e. The largest absolute Gasteiger partial charge is 0.432 e. The lowest BCUT2D eigenvalue weighted by Gasteiger charge is -1.98. The van der Waals surface area contributed by atoms with Crippen molar-refractivity contribution in [3.05, 3.63) is 12.3 Å². The van der Waals surface area contributed by atoms with E-state index >= 15 is 0 Å². The Labute approximate surface area is 63.9 Å². The van der Waals surface area contributed by atoms with Gasteiger partial charge in [0.2, 0.25) is 0 Å². The Morgan fingerprint density at radius 1 is 1.67 bits per heavy atom. The lowest BCUT2D eigenvalue weighted by molar-refractivity contribution is 0.557. The van der Waals surface area contributed by atoms with Crippen molar-refractivity contribution in [2.24, 2.45) is 0 Å². The molecule has 0 bridgehead atoms. The lowest BCUT2D eigenvalue weighted by atomic mass is 10.6. The maximum atomic E-state index is 5.09. The summed E-state index contributed by atoms with van der Waals surface area (Å²) in [6.45, 7) is 4.02. The Kier molecular flexibility index (Phi) is 6.31. The van der Waals surface area contributed by atoms with Crippen molar-refractivity contribution in [1.29, 1.82) is 0 Å². The zero-order valence-corrected chi connectivity index (χ0v) is 7.43. The van der Waals surface area contributed by atoms with Gasteiger partial charge in [-0.2, -0.15) is 0 Å². The molecular formula is C6H12OS2. The van der Waals surface area contributed by atoms with Gasteiger partial charge < -0.3 is 4.18 Å². The standard InChI is InChI=1S/C6H12OS2/c1-3-5-7-9(8)6-4-2/h3,5H,4,6H2,1-2H3/b5-3-/t9-/m0/s1. The van der Waals surface area contributed by atoms with E-state index < -0.39 is 0 Å². The smallest absolute Gasteiger partial charge is 0.0970 e. The topological polar surface area (TPSA) is 9.23 Å². The molecule has 0 fully saturated rings. The fourth-order valence-corrected chi connectivity index (χ4v) is 1.63. The number of rotatable bonds is 4. The highest BCUT2D eigenvalue weighted by Crippen LogP contribution is 1.90. The van der Waals surface area contributed by atoms with Gasteiger partial charge in [0.1, 0.15) is 0 Å². The Bertz CT molecular complexity index is 110. The van der Waals surface area contributed by atoms with E-state index in [0.29, 0.717) is 0 Å². The number of allylic oxidation sites excluding steroid dienone is 1. The van der Waals surface area contributed by atoms with Crippen LogP contribution in [0.1, 0.15) is 20.3 Å². The minimum atomic E-state index is -0.273. The molecule has 0 saturated heterocycles. The predicted octanol–water partition coefficient (Wildman–Crippen LogP) is 1.94. The van der Waals surface area contributed by atoms with Crippen LogP contribution >= 0.6 is 0 Å². The molecule has 54 valence electrons. The molecule has 3 heteroatoms. The molecule has 0 aliphatic heterocycles. The molecule has 0 aromatic carbocycles. The van der Waals surface area contributed by atoms with Crippen molar-refractivity contribution in [3.63, 3.8) is 0 Å². The number of hydrogen-bond acceptors (Lipinski definition) is 2. The molecular weight excluding hydrogens is 152 g/mol. The average molecular weight is 164 g/mol. The molecule has 0 rings (SSSR count). The Balaban J connectivity index is 3.27. The van der Waals surface area contributed by atoms with Crippen molar-refractivity contribution in [3.8, 4) is 0 Å². The Morgan fingerprint density at radius 2 is 2.33 bits per heavy atom. The van der Waals surface area contributed by atoms with E-state index in [4.69, 9.17) is 15.4 Å². The van der Waals surface area contributed by atoms with E-state index in [1.165, 1.54) is 0 Å². The first-order chi connectivity index (χ1) is 4.31. The van der Waals surface area contributed by atoms with Crippen LogP contribution in [-0.2, 0) is 25.1 Å². The fraction of sp³-hybridized carbons (Fsp3) is 0.667. The second-order valence-corrected chi connectivity index (χ2v) is 3.90. The van der Waals surface area contributed by atoms with Crippen LogP contribution in [0.2, 0.25) is 0 Å². The zero-order chi connectivity index (χ0) is 7.11. The third-order valence-corrected chi connectivity index (χ3v) is 2.47. The van der Waals surface area contributed by atoms with Crippen LogP contribution in [0, 0.1) is 0 Å². The van der Waals surface area contributed by atoms with Crippen LogP contribution in [-0.4, -0.2) is 5.75 Å². The highest BCUT2D eigenvalue weighted by atomic mass is 32.8. The summed E-state index contributed by atoms with van der Waals surface area (Å²) in [5, 5.41) is 0. The molecule has 0 radical (unpaired) electrons. The van der Waals surface area contributed by atoms with E-state index in [1.54, 1.807) is 6.26 Å². The molecule has 1 nitrogen and oxygen atoms in total. The summed E-state index contributed by atoms with van der Waals surface area (Å²) >= 11 is 4.96.